The molecule has 5 N–H and O–H groups in total. The molecule has 0 aromatic carbocycles. The second kappa shape index (κ2) is 6.67. The van der Waals surface area contributed by atoms with Gasteiger partial charge < -0.3 is 21.1 Å². The third-order valence-electron chi connectivity index (χ3n) is 3.61. The highest BCUT2D eigenvalue weighted by Crippen LogP contribution is 2.19. The number of aromatic nitrogens is 3. The lowest BCUT2D eigenvalue weighted by Crippen LogP contribution is -2.38. The Kier molecular flexibility index (Phi) is 4.92. The summed E-state index contributed by atoms with van der Waals surface area (Å²) >= 11 is 0. The summed E-state index contributed by atoms with van der Waals surface area (Å²) in [4.78, 5) is 11.3. The van der Waals surface area contributed by atoms with Gasteiger partial charge in [0, 0.05) is 24.3 Å². The molecule has 20 heavy (non-hydrogen) atoms. The van der Waals surface area contributed by atoms with Gasteiger partial charge in [-0.3, -0.25) is 0 Å². The largest absolute Gasteiger partial charge is 0.392 e. The highest BCUT2D eigenvalue weighted by Gasteiger charge is 2.17. The summed E-state index contributed by atoms with van der Waals surface area (Å²) in [5.74, 6) is 0.458. The molecule has 0 aliphatic rings. The quantitative estimate of drug-likeness (QED) is 0.615. The van der Waals surface area contributed by atoms with E-state index in [-0.39, 0.29) is 12.1 Å². The number of nitrogens with zero attached hydrogens (tertiary/aromatic N) is 2. The van der Waals surface area contributed by atoms with Gasteiger partial charge in [-0.25, -0.2) is 9.97 Å². The van der Waals surface area contributed by atoms with Crippen molar-refractivity contribution in [3.05, 3.63) is 18.1 Å². The van der Waals surface area contributed by atoms with Crippen LogP contribution in [0.15, 0.2) is 12.5 Å². The first-order valence-electron chi connectivity index (χ1n) is 7.15. The van der Waals surface area contributed by atoms with Crippen molar-refractivity contribution in [3.8, 4) is 0 Å². The Bertz CT molecular complexity index is 553. The highest BCUT2D eigenvalue weighted by atomic mass is 16.3. The molecule has 2 atom stereocenters. The molecular formula is C14H23N5O. The van der Waals surface area contributed by atoms with E-state index in [0.717, 1.165) is 35.9 Å². The monoisotopic (exact) mass is 277 g/mol. The number of aliphatic hydroxyl groups is 1. The summed E-state index contributed by atoms with van der Waals surface area (Å²) in [6.45, 7) is 4.80. The van der Waals surface area contributed by atoms with Crippen molar-refractivity contribution in [2.75, 3.05) is 5.73 Å². The minimum Gasteiger partial charge on any atom is -0.392 e. The lowest BCUT2D eigenvalue weighted by atomic mass is 10.0. The molecule has 0 radical (unpaired) electrons. The van der Waals surface area contributed by atoms with E-state index in [0.29, 0.717) is 12.4 Å². The molecule has 2 rings (SSSR count). The molecule has 2 aromatic heterocycles. The zero-order valence-corrected chi connectivity index (χ0v) is 12.1. The van der Waals surface area contributed by atoms with E-state index in [1.165, 1.54) is 6.33 Å². The maximum Gasteiger partial charge on any atom is 0.151 e. The van der Waals surface area contributed by atoms with Gasteiger partial charge in [0.15, 0.2) is 5.82 Å². The standard InChI is InChI=1S/C14H23N5O/c1-3-5-11(20)10(4-2)16-6-9-7-17-13-12(9)18-8-19-14(13)15/h7-8,10-11,16-17,20H,3-6H2,1-2H3,(H2,15,18,19). The number of nitrogens with one attached hydrogen (secondary N) is 2. The normalized spacial score (nSPS) is 14.6. The van der Waals surface area contributed by atoms with E-state index in [9.17, 15) is 5.11 Å². The molecule has 2 unspecified atom stereocenters. The van der Waals surface area contributed by atoms with Crippen molar-refractivity contribution >= 4 is 16.9 Å². The van der Waals surface area contributed by atoms with Gasteiger partial charge in [-0.2, -0.15) is 0 Å². The molecular weight excluding hydrogens is 254 g/mol. The summed E-state index contributed by atoms with van der Waals surface area (Å²) in [6, 6.07) is 0.0964. The van der Waals surface area contributed by atoms with Crippen LogP contribution in [0.3, 0.4) is 0 Å². The topological polar surface area (TPSA) is 99.8 Å². The van der Waals surface area contributed by atoms with E-state index in [1.54, 1.807) is 0 Å². The molecule has 110 valence electrons. The third kappa shape index (κ3) is 3.08. The fourth-order valence-corrected chi connectivity index (χ4v) is 2.44. The van der Waals surface area contributed by atoms with Crippen LogP contribution in [0.4, 0.5) is 5.82 Å². The van der Waals surface area contributed by atoms with Crippen molar-refractivity contribution in [3.63, 3.8) is 0 Å². The summed E-state index contributed by atoms with van der Waals surface area (Å²) in [5.41, 5.74) is 8.44. The van der Waals surface area contributed by atoms with Gasteiger partial charge in [0.25, 0.3) is 0 Å². The number of aliphatic hydroxyl groups excluding tert-OH is 1. The van der Waals surface area contributed by atoms with Gasteiger partial charge >= 0.3 is 0 Å². The van der Waals surface area contributed by atoms with Crippen molar-refractivity contribution < 1.29 is 5.11 Å². The molecule has 6 nitrogen and oxygen atoms in total. The summed E-state index contributed by atoms with van der Waals surface area (Å²) < 4.78 is 0. The van der Waals surface area contributed by atoms with Crippen molar-refractivity contribution in [1.82, 2.24) is 20.3 Å². The first kappa shape index (κ1) is 14.7. The first-order chi connectivity index (χ1) is 9.67. The van der Waals surface area contributed by atoms with E-state index < -0.39 is 0 Å². The van der Waals surface area contributed by atoms with Gasteiger partial charge in [0.2, 0.25) is 0 Å². The van der Waals surface area contributed by atoms with Crippen LogP contribution in [0.5, 0.6) is 0 Å². The number of H-pyrrole nitrogens is 1. The number of anilines is 1. The van der Waals surface area contributed by atoms with Gasteiger partial charge in [-0.05, 0) is 12.8 Å². The number of hydrogen-bond acceptors (Lipinski definition) is 5. The molecule has 0 spiro atoms. The maximum absolute atomic E-state index is 10.1. The van der Waals surface area contributed by atoms with Crippen LogP contribution in [0.1, 0.15) is 38.7 Å². The Hall–Kier alpha value is -1.66. The predicted octanol–water partition coefficient (Wildman–Crippen LogP) is 1.57. The lowest BCUT2D eigenvalue weighted by molar-refractivity contribution is 0.114. The Balaban J connectivity index is 2.07. The molecule has 2 aromatic rings. The zero-order valence-electron chi connectivity index (χ0n) is 12.1. The first-order valence-corrected chi connectivity index (χ1v) is 7.15. The van der Waals surface area contributed by atoms with E-state index in [4.69, 9.17) is 5.73 Å². The van der Waals surface area contributed by atoms with Crippen molar-refractivity contribution in [2.45, 2.75) is 51.8 Å². The minimum absolute atomic E-state index is 0.0964. The van der Waals surface area contributed by atoms with Gasteiger partial charge in [-0.15, -0.1) is 0 Å². The van der Waals surface area contributed by atoms with Gasteiger partial charge in [-0.1, -0.05) is 20.3 Å². The van der Waals surface area contributed by atoms with E-state index >= 15 is 0 Å². The molecule has 0 saturated heterocycles. The van der Waals surface area contributed by atoms with Crippen LogP contribution < -0.4 is 11.1 Å². The fourth-order valence-electron chi connectivity index (χ4n) is 2.44. The Morgan fingerprint density at radius 3 is 2.90 bits per heavy atom. The van der Waals surface area contributed by atoms with Gasteiger partial charge in [0.1, 0.15) is 11.8 Å². The number of rotatable bonds is 7. The molecule has 2 heterocycles. The predicted molar refractivity (Wildman–Crippen MR) is 80.1 cm³/mol. The Labute approximate surface area is 118 Å². The van der Waals surface area contributed by atoms with Crippen LogP contribution in [0.2, 0.25) is 0 Å². The maximum atomic E-state index is 10.1. The van der Waals surface area contributed by atoms with E-state index in [2.05, 4.69) is 34.1 Å². The number of fused-ring (bicyclic) bond motifs is 1. The Morgan fingerprint density at radius 1 is 1.40 bits per heavy atom. The number of hydrogen-bond donors (Lipinski definition) is 4. The molecule has 0 aliphatic heterocycles. The summed E-state index contributed by atoms with van der Waals surface area (Å²) in [6.07, 6.45) is 5.74. The molecule has 0 fully saturated rings. The summed E-state index contributed by atoms with van der Waals surface area (Å²) in [5, 5.41) is 13.5. The second-order valence-corrected chi connectivity index (χ2v) is 5.05. The average Bonchev–Trinajstić information content (AvgIpc) is 2.85. The van der Waals surface area contributed by atoms with E-state index in [1.807, 2.05) is 6.20 Å². The van der Waals surface area contributed by atoms with Crippen molar-refractivity contribution in [2.24, 2.45) is 0 Å². The van der Waals surface area contributed by atoms with Gasteiger partial charge in [0.05, 0.1) is 11.6 Å². The number of nitrogens with two attached hydrogens (primary N) is 1. The fraction of sp³-hybridized carbons (Fsp3) is 0.571. The minimum atomic E-state index is -0.310. The lowest BCUT2D eigenvalue weighted by Gasteiger charge is -2.22. The van der Waals surface area contributed by atoms with Crippen LogP contribution in [0, 0.1) is 0 Å². The van der Waals surface area contributed by atoms with Crippen LogP contribution >= 0.6 is 0 Å². The number of nitrogen functional groups attached to an aromatic ring is 1. The average molecular weight is 277 g/mol. The third-order valence-corrected chi connectivity index (χ3v) is 3.61. The molecule has 0 saturated carbocycles. The van der Waals surface area contributed by atoms with Crippen LogP contribution in [-0.4, -0.2) is 32.2 Å². The molecule has 0 aliphatic carbocycles. The van der Waals surface area contributed by atoms with Crippen molar-refractivity contribution in [1.29, 1.82) is 0 Å². The molecule has 6 heteroatoms. The van der Waals surface area contributed by atoms with Crippen LogP contribution in [-0.2, 0) is 6.54 Å². The SMILES string of the molecule is CCCC(O)C(CC)NCc1c[nH]c2c(N)ncnc12. The van der Waals surface area contributed by atoms with Crippen LogP contribution in [0.25, 0.3) is 11.0 Å². The zero-order chi connectivity index (χ0) is 14.5. The Morgan fingerprint density at radius 2 is 2.20 bits per heavy atom. The highest BCUT2D eigenvalue weighted by molar-refractivity contribution is 5.86. The smallest absolute Gasteiger partial charge is 0.151 e. The summed E-state index contributed by atoms with van der Waals surface area (Å²) in [7, 11) is 0. The molecule has 0 bridgehead atoms. The number of aromatic amines is 1. The molecule has 0 amide bonds. The second-order valence-electron chi connectivity index (χ2n) is 5.05.